The SMILES string of the molecule is CC(Nc1ncnc(N)c1C#N)c1nc2ccc(F)cc2c(CS)c1-c1ccccc1. The number of nitrogens with one attached hydrogen (secondary N) is 1. The van der Waals surface area contributed by atoms with Crippen molar-refractivity contribution in [3.8, 4) is 17.2 Å². The van der Waals surface area contributed by atoms with Gasteiger partial charge in [-0.15, -0.1) is 0 Å². The second-order valence-corrected chi connectivity index (χ2v) is 7.31. The number of nitrogens with zero attached hydrogens (tertiary/aromatic N) is 4. The van der Waals surface area contributed by atoms with Gasteiger partial charge >= 0.3 is 0 Å². The molecular formula is C23H19FN6S. The highest BCUT2D eigenvalue weighted by molar-refractivity contribution is 7.79. The number of nitriles is 1. The van der Waals surface area contributed by atoms with Crippen molar-refractivity contribution in [2.24, 2.45) is 0 Å². The molecule has 8 heteroatoms. The number of rotatable bonds is 5. The molecule has 0 spiro atoms. The Hall–Kier alpha value is -3.70. The van der Waals surface area contributed by atoms with Gasteiger partial charge in [0.15, 0.2) is 0 Å². The standard InChI is InChI=1S/C23H19FN6S/c1-13(29-23-17(10-25)22(26)27-12-28-23)21-20(14-5-3-2-4-6-14)18(11-31)16-9-15(24)7-8-19(16)30-21/h2-9,12-13,31H,11H2,1H3,(H3,26,27,28,29). The first-order valence-electron chi connectivity index (χ1n) is 9.59. The largest absolute Gasteiger partial charge is 0.382 e. The molecule has 0 saturated carbocycles. The molecule has 0 saturated heterocycles. The maximum absolute atomic E-state index is 14.0. The van der Waals surface area contributed by atoms with Crippen molar-refractivity contribution in [2.75, 3.05) is 11.1 Å². The van der Waals surface area contributed by atoms with Crippen molar-refractivity contribution in [3.63, 3.8) is 0 Å². The van der Waals surface area contributed by atoms with Crippen LogP contribution in [0.1, 0.15) is 29.8 Å². The predicted molar refractivity (Wildman–Crippen MR) is 123 cm³/mol. The van der Waals surface area contributed by atoms with Crippen molar-refractivity contribution in [3.05, 3.63) is 77.5 Å². The van der Waals surface area contributed by atoms with Crippen LogP contribution in [-0.4, -0.2) is 15.0 Å². The Morgan fingerprint density at radius 3 is 2.68 bits per heavy atom. The third-order valence-corrected chi connectivity index (χ3v) is 5.37. The fourth-order valence-electron chi connectivity index (χ4n) is 3.62. The zero-order valence-electron chi connectivity index (χ0n) is 16.7. The maximum Gasteiger partial charge on any atom is 0.150 e. The molecule has 0 radical (unpaired) electrons. The molecule has 1 atom stereocenters. The van der Waals surface area contributed by atoms with Crippen LogP contribution in [0.2, 0.25) is 0 Å². The van der Waals surface area contributed by atoms with Gasteiger partial charge in [0.25, 0.3) is 0 Å². The van der Waals surface area contributed by atoms with Gasteiger partial charge < -0.3 is 11.1 Å². The second-order valence-electron chi connectivity index (χ2n) is 7.00. The number of fused-ring (bicyclic) bond motifs is 1. The van der Waals surface area contributed by atoms with E-state index in [-0.39, 0.29) is 23.2 Å². The van der Waals surface area contributed by atoms with Crippen LogP contribution in [0, 0.1) is 17.1 Å². The summed E-state index contributed by atoms with van der Waals surface area (Å²) in [5, 5.41) is 13.4. The molecule has 6 nitrogen and oxygen atoms in total. The predicted octanol–water partition coefficient (Wildman–Crippen LogP) is 4.89. The summed E-state index contributed by atoms with van der Waals surface area (Å²) < 4.78 is 14.0. The van der Waals surface area contributed by atoms with E-state index in [4.69, 9.17) is 10.7 Å². The van der Waals surface area contributed by atoms with Crippen LogP contribution in [0.25, 0.3) is 22.0 Å². The lowest BCUT2D eigenvalue weighted by Gasteiger charge is -2.22. The minimum atomic E-state index is -0.343. The number of anilines is 2. The summed E-state index contributed by atoms with van der Waals surface area (Å²) in [5.41, 5.74) is 10.1. The molecule has 0 fully saturated rings. The minimum absolute atomic E-state index is 0.105. The molecule has 2 aromatic carbocycles. The van der Waals surface area contributed by atoms with Crippen LogP contribution in [0.15, 0.2) is 54.9 Å². The van der Waals surface area contributed by atoms with Crippen LogP contribution < -0.4 is 11.1 Å². The van der Waals surface area contributed by atoms with E-state index in [2.05, 4.69) is 27.9 Å². The van der Waals surface area contributed by atoms with Gasteiger partial charge in [-0.2, -0.15) is 17.9 Å². The Morgan fingerprint density at radius 2 is 1.97 bits per heavy atom. The molecule has 0 aliphatic heterocycles. The molecule has 0 aliphatic rings. The Bertz CT molecular complexity index is 1300. The first-order chi connectivity index (χ1) is 15.0. The van der Waals surface area contributed by atoms with E-state index in [1.165, 1.54) is 18.5 Å². The van der Waals surface area contributed by atoms with Crippen LogP contribution in [0.5, 0.6) is 0 Å². The smallest absolute Gasteiger partial charge is 0.150 e. The summed E-state index contributed by atoms with van der Waals surface area (Å²) in [6.07, 6.45) is 1.30. The second kappa shape index (κ2) is 8.58. The van der Waals surface area contributed by atoms with Crippen LogP contribution in [-0.2, 0) is 5.75 Å². The molecule has 0 aliphatic carbocycles. The van der Waals surface area contributed by atoms with E-state index in [0.29, 0.717) is 22.5 Å². The van der Waals surface area contributed by atoms with Gasteiger partial charge in [0.05, 0.1) is 17.3 Å². The molecular weight excluding hydrogens is 411 g/mol. The summed E-state index contributed by atoms with van der Waals surface area (Å²) in [5.74, 6) is 0.505. The van der Waals surface area contributed by atoms with Crippen molar-refractivity contribution in [2.45, 2.75) is 18.7 Å². The summed E-state index contributed by atoms with van der Waals surface area (Å²) in [6, 6.07) is 16.0. The summed E-state index contributed by atoms with van der Waals surface area (Å²) >= 11 is 4.55. The van der Waals surface area contributed by atoms with Gasteiger partial charge in [0, 0.05) is 16.7 Å². The van der Waals surface area contributed by atoms with E-state index in [9.17, 15) is 9.65 Å². The first kappa shape index (κ1) is 20.6. The fraction of sp³-hybridized carbons (Fsp3) is 0.130. The molecule has 0 amide bonds. The normalized spacial score (nSPS) is 11.8. The Kier molecular flexibility index (Phi) is 5.69. The van der Waals surface area contributed by atoms with Gasteiger partial charge in [-0.05, 0) is 36.2 Å². The summed E-state index contributed by atoms with van der Waals surface area (Å²) in [7, 11) is 0. The number of halogens is 1. The minimum Gasteiger partial charge on any atom is -0.382 e. The number of nitrogen functional groups attached to an aromatic ring is 1. The van der Waals surface area contributed by atoms with Gasteiger partial charge in [0.2, 0.25) is 0 Å². The lowest BCUT2D eigenvalue weighted by molar-refractivity contribution is 0.629. The van der Waals surface area contributed by atoms with Gasteiger partial charge in [0.1, 0.15) is 35.4 Å². The molecule has 2 aromatic heterocycles. The fourth-order valence-corrected chi connectivity index (χ4v) is 3.95. The van der Waals surface area contributed by atoms with Gasteiger partial charge in [-0.1, -0.05) is 30.3 Å². The topological polar surface area (TPSA) is 101 Å². The van der Waals surface area contributed by atoms with E-state index in [1.807, 2.05) is 43.3 Å². The van der Waals surface area contributed by atoms with E-state index in [1.54, 1.807) is 6.07 Å². The van der Waals surface area contributed by atoms with Crippen LogP contribution in [0.4, 0.5) is 16.0 Å². The molecule has 154 valence electrons. The van der Waals surface area contributed by atoms with E-state index >= 15 is 0 Å². The zero-order chi connectivity index (χ0) is 22.0. The molecule has 1 unspecified atom stereocenters. The van der Waals surface area contributed by atoms with E-state index < -0.39 is 0 Å². The molecule has 4 rings (SSSR count). The quantitative estimate of drug-likeness (QED) is 0.390. The van der Waals surface area contributed by atoms with Crippen molar-refractivity contribution < 1.29 is 4.39 Å². The summed E-state index contributed by atoms with van der Waals surface area (Å²) in [6.45, 7) is 1.92. The van der Waals surface area contributed by atoms with Crippen molar-refractivity contribution >= 4 is 35.2 Å². The van der Waals surface area contributed by atoms with E-state index in [0.717, 1.165) is 22.4 Å². The monoisotopic (exact) mass is 430 g/mol. The molecule has 31 heavy (non-hydrogen) atoms. The average Bonchev–Trinajstić information content (AvgIpc) is 2.78. The number of pyridine rings is 1. The highest BCUT2D eigenvalue weighted by atomic mass is 32.1. The first-order valence-corrected chi connectivity index (χ1v) is 10.2. The summed E-state index contributed by atoms with van der Waals surface area (Å²) in [4.78, 5) is 12.9. The number of hydrogen-bond acceptors (Lipinski definition) is 7. The number of aromatic nitrogens is 3. The molecule has 2 heterocycles. The van der Waals surface area contributed by atoms with Crippen molar-refractivity contribution in [1.82, 2.24) is 15.0 Å². The Morgan fingerprint density at radius 1 is 1.19 bits per heavy atom. The lowest BCUT2D eigenvalue weighted by Crippen LogP contribution is -2.14. The van der Waals surface area contributed by atoms with Gasteiger partial charge in [-0.25, -0.2) is 19.3 Å². The Balaban J connectivity index is 1.94. The number of thiol groups is 1. The van der Waals surface area contributed by atoms with Crippen LogP contribution >= 0.6 is 12.6 Å². The number of hydrogen-bond donors (Lipinski definition) is 3. The van der Waals surface area contributed by atoms with Gasteiger partial charge in [-0.3, -0.25) is 0 Å². The lowest BCUT2D eigenvalue weighted by atomic mass is 9.93. The molecule has 3 N–H and O–H groups in total. The Labute approximate surface area is 184 Å². The van der Waals surface area contributed by atoms with Crippen molar-refractivity contribution in [1.29, 1.82) is 5.26 Å². The third kappa shape index (κ3) is 3.88. The average molecular weight is 431 g/mol. The highest BCUT2D eigenvalue weighted by Gasteiger charge is 2.22. The third-order valence-electron chi connectivity index (χ3n) is 5.05. The number of benzene rings is 2. The number of nitrogens with two attached hydrogens (primary N) is 1. The molecule has 0 bridgehead atoms. The maximum atomic E-state index is 14.0. The highest BCUT2D eigenvalue weighted by Crippen LogP contribution is 2.37. The zero-order valence-corrected chi connectivity index (χ0v) is 17.6. The molecule has 4 aromatic rings. The van der Waals surface area contributed by atoms with Crippen LogP contribution in [0.3, 0.4) is 0 Å².